The van der Waals surface area contributed by atoms with E-state index < -0.39 is 0 Å². The molecule has 1 N–H and O–H groups in total. The summed E-state index contributed by atoms with van der Waals surface area (Å²) in [6.07, 6.45) is 2.87. The standard InChI is InChI=1S/C19H22N4O2S/c1-2-17-21-14(12-26-17)10-20-19(24)23-9-5-6-13(11-23)18-22-15-7-3-4-8-16(15)25-18/h3-4,7-8,12-13H,2,5-6,9-11H2,1H3,(H,20,24)/t13-/m0/s1. The minimum Gasteiger partial charge on any atom is -0.440 e. The van der Waals surface area contributed by atoms with Crippen molar-refractivity contribution in [2.75, 3.05) is 13.1 Å². The van der Waals surface area contributed by atoms with Gasteiger partial charge in [-0.15, -0.1) is 11.3 Å². The molecule has 0 aliphatic carbocycles. The van der Waals surface area contributed by atoms with Crippen LogP contribution in [-0.4, -0.2) is 34.0 Å². The smallest absolute Gasteiger partial charge is 0.317 e. The van der Waals surface area contributed by atoms with Gasteiger partial charge in [0, 0.05) is 18.5 Å². The molecule has 1 saturated heterocycles. The number of rotatable bonds is 4. The van der Waals surface area contributed by atoms with Gasteiger partial charge in [0.1, 0.15) is 5.52 Å². The Kier molecular flexibility index (Phi) is 4.88. The summed E-state index contributed by atoms with van der Waals surface area (Å²) in [5.41, 5.74) is 2.60. The van der Waals surface area contributed by atoms with Crippen LogP contribution >= 0.6 is 11.3 Å². The number of carbonyl (C=O) groups is 1. The van der Waals surface area contributed by atoms with Crippen molar-refractivity contribution in [3.63, 3.8) is 0 Å². The lowest BCUT2D eigenvalue weighted by Gasteiger charge is -2.31. The Morgan fingerprint density at radius 2 is 2.27 bits per heavy atom. The van der Waals surface area contributed by atoms with Crippen LogP contribution in [0.1, 0.15) is 42.3 Å². The molecule has 1 aliphatic heterocycles. The van der Waals surface area contributed by atoms with Crippen LogP contribution in [0.15, 0.2) is 34.1 Å². The normalized spacial score (nSPS) is 17.6. The third kappa shape index (κ3) is 3.58. The summed E-state index contributed by atoms with van der Waals surface area (Å²) in [6.45, 7) is 3.95. The molecule has 3 heterocycles. The molecule has 0 unspecified atom stereocenters. The Bertz CT molecular complexity index is 871. The molecule has 0 saturated carbocycles. The van der Waals surface area contributed by atoms with Gasteiger partial charge in [0.15, 0.2) is 11.5 Å². The SMILES string of the molecule is CCc1nc(CNC(=O)N2CCC[C@H](c3nc4ccccc4o3)C2)cs1. The fourth-order valence-electron chi connectivity index (χ4n) is 3.30. The van der Waals surface area contributed by atoms with Crippen LogP contribution in [-0.2, 0) is 13.0 Å². The number of carbonyl (C=O) groups excluding carboxylic acids is 1. The van der Waals surface area contributed by atoms with Gasteiger partial charge in [-0.25, -0.2) is 14.8 Å². The number of nitrogens with one attached hydrogen (secondary N) is 1. The Hall–Kier alpha value is -2.41. The largest absolute Gasteiger partial charge is 0.440 e. The van der Waals surface area contributed by atoms with Crippen molar-refractivity contribution in [3.8, 4) is 0 Å². The summed E-state index contributed by atoms with van der Waals surface area (Å²) in [6, 6.07) is 7.74. The molecule has 4 rings (SSSR count). The van der Waals surface area contributed by atoms with E-state index in [1.165, 1.54) is 0 Å². The molecule has 2 aromatic heterocycles. The quantitative estimate of drug-likeness (QED) is 0.755. The molecule has 136 valence electrons. The van der Waals surface area contributed by atoms with Crippen molar-refractivity contribution in [1.29, 1.82) is 0 Å². The number of aromatic nitrogens is 2. The number of aryl methyl sites for hydroxylation is 1. The van der Waals surface area contributed by atoms with Crippen LogP contribution in [0.25, 0.3) is 11.1 Å². The van der Waals surface area contributed by atoms with E-state index in [-0.39, 0.29) is 11.9 Å². The Labute approximate surface area is 156 Å². The van der Waals surface area contributed by atoms with E-state index in [9.17, 15) is 4.79 Å². The number of fused-ring (bicyclic) bond motifs is 1. The summed E-state index contributed by atoms with van der Waals surface area (Å²) in [4.78, 5) is 23.5. The molecule has 1 aromatic carbocycles. The predicted octanol–water partition coefficient (Wildman–Crippen LogP) is 3.94. The molecular weight excluding hydrogens is 348 g/mol. The molecule has 26 heavy (non-hydrogen) atoms. The fourth-order valence-corrected chi connectivity index (χ4v) is 4.04. The molecular formula is C19H22N4O2S. The average molecular weight is 370 g/mol. The molecule has 7 heteroatoms. The number of benzene rings is 1. The van der Waals surface area contributed by atoms with Crippen LogP contribution in [0.5, 0.6) is 0 Å². The number of urea groups is 1. The summed E-state index contributed by atoms with van der Waals surface area (Å²) in [7, 11) is 0. The van der Waals surface area contributed by atoms with E-state index in [0.717, 1.165) is 53.5 Å². The second kappa shape index (κ2) is 7.45. The lowest BCUT2D eigenvalue weighted by Crippen LogP contribution is -2.44. The maximum Gasteiger partial charge on any atom is 0.317 e. The van der Waals surface area contributed by atoms with Crippen molar-refractivity contribution < 1.29 is 9.21 Å². The third-order valence-corrected chi connectivity index (χ3v) is 5.73. The molecule has 2 amide bonds. The van der Waals surface area contributed by atoms with Gasteiger partial charge in [0.25, 0.3) is 0 Å². The minimum atomic E-state index is -0.0446. The molecule has 0 radical (unpaired) electrons. The van der Waals surface area contributed by atoms with E-state index in [2.05, 4.69) is 22.2 Å². The van der Waals surface area contributed by atoms with Crippen LogP contribution in [0.2, 0.25) is 0 Å². The van der Waals surface area contributed by atoms with Crippen LogP contribution in [0.4, 0.5) is 4.79 Å². The van der Waals surface area contributed by atoms with Gasteiger partial charge >= 0.3 is 6.03 Å². The van der Waals surface area contributed by atoms with Crippen molar-refractivity contribution in [1.82, 2.24) is 20.2 Å². The maximum absolute atomic E-state index is 12.5. The molecule has 0 spiro atoms. The van der Waals surface area contributed by atoms with Gasteiger partial charge in [-0.1, -0.05) is 19.1 Å². The number of thiazole rings is 1. The van der Waals surface area contributed by atoms with Crippen LogP contribution < -0.4 is 5.32 Å². The number of para-hydroxylation sites is 2. The van der Waals surface area contributed by atoms with Gasteiger partial charge < -0.3 is 14.6 Å². The van der Waals surface area contributed by atoms with E-state index in [4.69, 9.17) is 4.42 Å². The zero-order chi connectivity index (χ0) is 17.9. The fraction of sp³-hybridized carbons (Fsp3) is 0.421. The van der Waals surface area contributed by atoms with Crippen molar-refractivity contribution in [2.45, 2.75) is 38.6 Å². The van der Waals surface area contributed by atoms with Gasteiger partial charge in [-0.05, 0) is 31.4 Å². The molecule has 1 fully saturated rings. The highest BCUT2D eigenvalue weighted by molar-refractivity contribution is 7.09. The zero-order valence-corrected chi connectivity index (χ0v) is 15.6. The highest BCUT2D eigenvalue weighted by Crippen LogP contribution is 2.29. The number of amides is 2. The highest BCUT2D eigenvalue weighted by atomic mass is 32.1. The van der Waals surface area contributed by atoms with Crippen molar-refractivity contribution in [2.24, 2.45) is 0 Å². The van der Waals surface area contributed by atoms with E-state index in [1.54, 1.807) is 11.3 Å². The van der Waals surface area contributed by atoms with Gasteiger partial charge in [-0.2, -0.15) is 0 Å². The van der Waals surface area contributed by atoms with E-state index in [1.807, 2.05) is 34.5 Å². The highest BCUT2D eigenvalue weighted by Gasteiger charge is 2.28. The minimum absolute atomic E-state index is 0.0446. The van der Waals surface area contributed by atoms with Gasteiger partial charge in [0.05, 0.1) is 23.2 Å². The third-order valence-electron chi connectivity index (χ3n) is 4.69. The summed E-state index contributed by atoms with van der Waals surface area (Å²) >= 11 is 1.64. The maximum atomic E-state index is 12.5. The number of oxazole rings is 1. The van der Waals surface area contributed by atoms with Gasteiger partial charge in [0.2, 0.25) is 0 Å². The summed E-state index contributed by atoms with van der Waals surface area (Å²) in [5.74, 6) is 0.878. The molecule has 6 nitrogen and oxygen atoms in total. The second-order valence-corrected chi connectivity index (χ2v) is 7.49. The average Bonchev–Trinajstić information content (AvgIpc) is 3.32. The summed E-state index contributed by atoms with van der Waals surface area (Å²) < 4.78 is 5.90. The Morgan fingerprint density at radius 3 is 3.08 bits per heavy atom. The molecule has 3 aromatic rings. The first-order chi connectivity index (χ1) is 12.7. The first-order valence-electron chi connectivity index (χ1n) is 9.04. The number of nitrogens with zero attached hydrogens (tertiary/aromatic N) is 3. The predicted molar refractivity (Wildman–Crippen MR) is 101 cm³/mol. The summed E-state index contributed by atoms with van der Waals surface area (Å²) in [5, 5.41) is 6.10. The topological polar surface area (TPSA) is 71.3 Å². The monoisotopic (exact) mass is 370 g/mol. The van der Waals surface area contributed by atoms with Crippen molar-refractivity contribution >= 4 is 28.5 Å². The van der Waals surface area contributed by atoms with E-state index in [0.29, 0.717) is 13.1 Å². The second-order valence-electron chi connectivity index (χ2n) is 6.55. The number of hydrogen-bond donors (Lipinski definition) is 1. The van der Waals surface area contributed by atoms with Crippen molar-refractivity contribution in [3.05, 3.63) is 46.2 Å². The number of piperidine rings is 1. The zero-order valence-electron chi connectivity index (χ0n) is 14.8. The number of hydrogen-bond acceptors (Lipinski definition) is 5. The Morgan fingerprint density at radius 1 is 1.38 bits per heavy atom. The number of likely N-dealkylation sites (tertiary alicyclic amines) is 1. The van der Waals surface area contributed by atoms with E-state index >= 15 is 0 Å². The molecule has 1 atom stereocenters. The first kappa shape index (κ1) is 17.0. The molecule has 0 bridgehead atoms. The Balaban J connectivity index is 1.38. The molecule has 1 aliphatic rings. The van der Waals surface area contributed by atoms with Crippen LogP contribution in [0, 0.1) is 0 Å². The van der Waals surface area contributed by atoms with Gasteiger partial charge in [-0.3, -0.25) is 0 Å². The first-order valence-corrected chi connectivity index (χ1v) is 9.92. The lowest BCUT2D eigenvalue weighted by atomic mass is 9.98. The van der Waals surface area contributed by atoms with Crippen LogP contribution in [0.3, 0.4) is 0 Å². The lowest BCUT2D eigenvalue weighted by molar-refractivity contribution is 0.174.